The van der Waals surface area contributed by atoms with Crippen molar-refractivity contribution in [1.29, 1.82) is 0 Å². The standard InChI is InChI=1S/C28H26F6O/c1-3-17-8-10-18(11-9-17)25-23(30)14-16(2)27(26(25)31)35-24-7-5-4-6-20(24)19-12-13-21(22(29)15-19)28(32,33)34/h4-7,12-15,17-18H,3,8-11H2,1-2H3/t17-,18-. The van der Waals surface area contributed by atoms with Gasteiger partial charge in [-0.05, 0) is 79.8 Å². The summed E-state index contributed by atoms with van der Waals surface area (Å²) in [6, 6.07) is 10.1. The van der Waals surface area contributed by atoms with Crippen LogP contribution in [0.4, 0.5) is 26.3 Å². The molecule has 0 aliphatic heterocycles. The van der Waals surface area contributed by atoms with Gasteiger partial charge >= 0.3 is 6.18 Å². The number of benzene rings is 3. The van der Waals surface area contributed by atoms with Gasteiger partial charge in [0.1, 0.15) is 17.4 Å². The second-order valence-corrected chi connectivity index (χ2v) is 9.15. The average Bonchev–Trinajstić information content (AvgIpc) is 2.81. The predicted molar refractivity (Wildman–Crippen MR) is 123 cm³/mol. The predicted octanol–water partition coefficient (Wildman–Crippen LogP) is 9.57. The fourth-order valence-electron chi connectivity index (χ4n) is 4.91. The van der Waals surface area contributed by atoms with Crippen molar-refractivity contribution in [3.8, 4) is 22.6 Å². The molecule has 1 fully saturated rings. The number of aryl methyl sites for hydroxylation is 1. The Kier molecular flexibility index (Phi) is 7.15. The van der Waals surface area contributed by atoms with Crippen LogP contribution >= 0.6 is 0 Å². The molecule has 0 bridgehead atoms. The molecule has 186 valence electrons. The van der Waals surface area contributed by atoms with Gasteiger partial charge in [0.15, 0.2) is 11.6 Å². The molecule has 1 aliphatic rings. The monoisotopic (exact) mass is 492 g/mol. The molecule has 3 aromatic rings. The number of hydrogen-bond donors (Lipinski definition) is 0. The topological polar surface area (TPSA) is 9.23 Å². The molecule has 0 saturated heterocycles. The summed E-state index contributed by atoms with van der Waals surface area (Å²) in [5.41, 5.74) is -0.683. The lowest BCUT2D eigenvalue weighted by Crippen LogP contribution is -2.15. The minimum absolute atomic E-state index is 0.0122. The zero-order valence-corrected chi connectivity index (χ0v) is 19.5. The van der Waals surface area contributed by atoms with Crippen LogP contribution in [0.1, 0.15) is 61.6 Å². The van der Waals surface area contributed by atoms with Crippen molar-refractivity contribution in [1.82, 2.24) is 0 Å². The summed E-state index contributed by atoms with van der Waals surface area (Å²) in [6.45, 7) is 3.64. The van der Waals surface area contributed by atoms with E-state index in [0.717, 1.165) is 31.4 Å². The fraction of sp³-hybridized carbons (Fsp3) is 0.357. The third kappa shape index (κ3) is 5.19. The Morgan fingerprint density at radius 2 is 1.57 bits per heavy atom. The average molecular weight is 493 g/mol. The Balaban J connectivity index is 1.70. The Bertz CT molecular complexity index is 1210. The van der Waals surface area contributed by atoms with Gasteiger partial charge in [-0.25, -0.2) is 13.2 Å². The molecule has 4 rings (SSSR count). The fourth-order valence-corrected chi connectivity index (χ4v) is 4.91. The van der Waals surface area contributed by atoms with E-state index < -0.39 is 29.2 Å². The molecule has 1 saturated carbocycles. The van der Waals surface area contributed by atoms with Crippen molar-refractivity contribution in [2.45, 2.75) is 58.0 Å². The SMILES string of the molecule is CC[C@H]1CC[C@H](c2c(F)cc(C)c(Oc3ccccc3-c3ccc(C(F)(F)F)c(F)c3)c2F)CC1. The van der Waals surface area contributed by atoms with Gasteiger partial charge in [0.25, 0.3) is 0 Å². The first-order valence-corrected chi connectivity index (χ1v) is 11.7. The molecule has 35 heavy (non-hydrogen) atoms. The number of para-hydroxylation sites is 1. The molecule has 0 heterocycles. The maximum Gasteiger partial charge on any atom is 0.419 e. The van der Waals surface area contributed by atoms with Crippen LogP contribution in [0, 0.1) is 30.3 Å². The van der Waals surface area contributed by atoms with Gasteiger partial charge in [-0.1, -0.05) is 37.6 Å². The molecule has 7 heteroatoms. The summed E-state index contributed by atoms with van der Waals surface area (Å²) < 4.78 is 89.6. The first-order chi connectivity index (χ1) is 16.6. The van der Waals surface area contributed by atoms with Crippen LogP contribution < -0.4 is 4.74 Å². The lowest BCUT2D eigenvalue weighted by atomic mass is 9.77. The Morgan fingerprint density at radius 3 is 2.20 bits per heavy atom. The van der Waals surface area contributed by atoms with Crippen LogP contribution in [0.5, 0.6) is 11.5 Å². The summed E-state index contributed by atoms with van der Waals surface area (Å²) in [4.78, 5) is 0. The van der Waals surface area contributed by atoms with E-state index in [4.69, 9.17) is 4.74 Å². The van der Waals surface area contributed by atoms with E-state index in [1.54, 1.807) is 18.2 Å². The number of alkyl halides is 3. The second kappa shape index (κ2) is 9.96. The van der Waals surface area contributed by atoms with E-state index in [9.17, 15) is 22.0 Å². The van der Waals surface area contributed by atoms with Crippen LogP contribution in [0.25, 0.3) is 11.1 Å². The highest BCUT2D eigenvalue weighted by atomic mass is 19.4. The molecule has 0 radical (unpaired) electrons. The molecule has 1 nitrogen and oxygen atoms in total. The summed E-state index contributed by atoms with van der Waals surface area (Å²) in [7, 11) is 0. The molecule has 3 aromatic carbocycles. The first-order valence-electron chi connectivity index (χ1n) is 11.7. The maximum atomic E-state index is 15.7. The highest BCUT2D eigenvalue weighted by Crippen LogP contribution is 2.44. The van der Waals surface area contributed by atoms with Gasteiger partial charge in [0.2, 0.25) is 0 Å². The molecule has 1 aliphatic carbocycles. The molecule has 0 atom stereocenters. The third-order valence-electron chi connectivity index (χ3n) is 6.91. The van der Waals surface area contributed by atoms with Gasteiger partial charge in [0.05, 0.1) is 5.56 Å². The lowest BCUT2D eigenvalue weighted by Gasteiger charge is -2.29. The Labute approximate surface area is 200 Å². The number of halogens is 6. The van der Waals surface area contributed by atoms with Crippen LogP contribution in [0.3, 0.4) is 0 Å². The van der Waals surface area contributed by atoms with E-state index in [-0.39, 0.29) is 39.7 Å². The highest BCUT2D eigenvalue weighted by Gasteiger charge is 2.34. The van der Waals surface area contributed by atoms with Crippen LogP contribution in [-0.4, -0.2) is 0 Å². The zero-order valence-electron chi connectivity index (χ0n) is 19.5. The van der Waals surface area contributed by atoms with E-state index in [0.29, 0.717) is 24.8 Å². The second-order valence-electron chi connectivity index (χ2n) is 9.15. The van der Waals surface area contributed by atoms with Crippen molar-refractivity contribution >= 4 is 0 Å². The summed E-state index contributed by atoms with van der Waals surface area (Å²) in [6.07, 6.45) is -0.577. The lowest BCUT2D eigenvalue weighted by molar-refractivity contribution is -0.139. The Morgan fingerprint density at radius 1 is 0.886 bits per heavy atom. The van der Waals surface area contributed by atoms with Gasteiger partial charge in [-0.15, -0.1) is 0 Å². The van der Waals surface area contributed by atoms with E-state index in [1.165, 1.54) is 19.1 Å². The number of hydrogen-bond acceptors (Lipinski definition) is 1. The molecule has 0 spiro atoms. The van der Waals surface area contributed by atoms with Gasteiger partial charge in [-0.2, -0.15) is 13.2 Å². The van der Waals surface area contributed by atoms with E-state index in [2.05, 4.69) is 6.92 Å². The van der Waals surface area contributed by atoms with Gasteiger partial charge < -0.3 is 4.74 Å². The normalized spacial score (nSPS) is 18.5. The molecular weight excluding hydrogens is 466 g/mol. The first kappa shape index (κ1) is 25.1. The zero-order chi connectivity index (χ0) is 25.3. The van der Waals surface area contributed by atoms with Crippen molar-refractivity contribution in [3.63, 3.8) is 0 Å². The maximum absolute atomic E-state index is 15.7. The summed E-state index contributed by atoms with van der Waals surface area (Å²) in [5, 5.41) is 0. The van der Waals surface area contributed by atoms with Crippen molar-refractivity contribution in [2.24, 2.45) is 5.92 Å². The van der Waals surface area contributed by atoms with Crippen LogP contribution in [0.2, 0.25) is 0 Å². The molecule has 0 unspecified atom stereocenters. The molecule has 0 amide bonds. The summed E-state index contributed by atoms with van der Waals surface area (Å²) in [5.74, 6) is -2.49. The minimum atomic E-state index is -4.82. The largest absolute Gasteiger partial charge is 0.453 e. The van der Waals surface area contributed by atoms with Crippen molar-refractivity contribution < 1.29 is 31.1 Å². The smallest absolute Gasteiger partial charge is 0.419 e. The Hall–Kier alpha value is -2.96. The van der Waals surface area contributed by atoms with Gasteiger partial charge in [-0.3, -0.25) is 0 Å². The number of rotatable bonds is 5. The van der Waals surface area contributed by atoms with Crippen molar-refractivity contribution in [2.75, 3.05) is 0 Å². The quantitative estimate of drug-likeness (QED) is 0.322. The van der Waals surface area contributed by atoms with Crippen molar-refractivity contribution in [3.05, 3.63) is 82.7 Å². The highest BCUT2D eigenvalue weighted by molar-refractivity contribution is 5.71. The molecule has 0 aromatic heterocycles. The van der Waals surface area contributed by atoms with Crippen LogP contribution in [0.15, 0.2) is 48.5 Å². The molecule has 0 N–H and O–H groups in total. The van der Waals surface area contributed by atoms with E-state index in [1.807, 2.05) is 0 Å². The minimum Gasteiger partial charge on any atom is -0.453 e. The summed E-state index contributed by atoms with van der Waals surface area (Å²) >= 11 is 0. The van der Waals surface area contributed by atoms with Crippen LogP contribution in [-0.2, 0) is 6.18 Å². The molecular formula is C28H26F6O. The number of ether oxygens (including phenoxy) is 1. The third-order valence-corrected chi connectivity index (χ3v) is 6.91. The van der Waals surface area contributed by atoms with Gasteiger partial charge in [0, 0.05) is 11.1 Å². The van der Waals surface area contributed by atoms with E-state index >= 15 is 4.39 Å².